The Kier molecular flexibility index (Phi) is 1.54. The Morgan fingerprint density at radius 1 is 1.34 bits per heavy atom. The van der Waals surface area contributed by atoms with Crippen LogP contribution in [-0.2, 0) is 18.8 Å². The molecule has 3 heterocycles. The Morgan fingerprint density at radius 3 is 2.89 bits per heavy atom. The molecule has 1 aliphatic carbocycles. The summed E-state index contributed by atoms with van der Waals surface area (Å²) in [6, 6.07) is -3.65. The molecule has 35 heavy (non-hydrogen) atoms. The van der Waals surface area contributed by atoms with E-state index in [1.165, 1.54) is 0 Å². The second kappa shape index (κ2) is 8.43. The lowest BCUT2D eigenvalue weighted by molar-refractivity contribution is 0.0522. The number of hydrogen-bond acceptors (Lipinski definition) is 6. The van der Waals surface area contributed by atoms with Gasteiger partial charge in [-0.05, 0) is 50.3 Å². The van der Waals surface area contributed by atoms with Crippen LogP contribution in [0.4, 0.5) is 0 Å². The molecule has 2 aromatic heterocycles. The molecule has 3 aromatic rings. The van der Waals surface area contributed by atoms with Crippen LogP contribution in [0.1, 0.15) is 130 Å². The molecule has 5 rings (SSSR count). The van der Waals surface area contributed by atoms with Crippen LogP contribution in [0.2, 0.25) is 0 Å². The highest BCUT2D eigenvalue weighted by Crippen LogP contribution is 2.46. The lowest BCUT2D eigenvalue weighted by atomic mass is 9.68. The van der Waals surface area contributed by atoms with Gasteiger partial charge in [0.2, 0.25) is 0 Å². The number of likely N-dealkylation sites (tertiary alicyclic amines) is 1. The summed E-state index contributed by atoms with van der Waals surface area (Å²) in [6.45, 7) is -37.6. The Labute approximate surface area is 258 Å². The van der Waals surface area contributed by atoms with Gasteiger partial charge in [0.1, 0.15) is 17.0 Å². The van der Waals surface area contributed by atoms with E-state index >= 15 is 0 Å². The zero-order chi connectivity index (χ0) is 54.4. The summed E-state index contributed by atoms with van der Waals surface area (Å²) in [6.07, 6.45) is -19.2. The number of amides is 1. The molecular formula is C27H34N4O3S. The van der Waals surface area contributed by atoms with Crippen molar-refractivity contribution in [1.29, 1.82) is 0 Å². The molecule has 1 spiro atoms. The fourth-order valence-electron chi connectivity index (χ4n) is 3.13. The molecule has 7 nitrogen and oxygen atoms in total. The fraction of sp³-hybridized carbons (Fsp3) is 0.556. The predicted octanol–water partition coefficient (Wildman–Crippen LogP) is 5.09. The van der Waals surface area contributed by atoms with Gasteiger partial charge in [0, 0.05) is 88.7 Å². The Balaban J connectivity index is 1.95. The largest absolute Gasteiger partial charge is 0.492 e. The number of Topliss-reactive ketones (excluding diaryl/α,β-unsaturated/α-hetero) is 1. The zero-order valence-corrected chi connectivity index (χ0v) is 17.7. The van der Waals surface area contributed by atoms with Crippen LogP contribution in [0.25, 0.3) is 10.9 Å². The number of ether oxygens (including phenoxy) is 1. The first kappa shape index (κ1) is 6.39. The molecule has 1 aliphatic heterocycles. The van der Waals surface area contributed by atoms with Crippen LogP contribution in [0.15, 0.2) is 12.1 Å². The number of carbonyl (C=O) groups excluding carboxylic acids is 2. The van der Waals surface area contributed by atoms with E-state index in [-0.39, 0.29) is 4.68 Å². The van der Waals surface area contributed by atoms with Crippen LogP contribution >= 0.6 is 11.3 Å². The number of fused-ring (bicyclic) bond motifs is 2. The molecule has 2 aliphatic rings. The number of thiazole rings is 1. The third-order valence-corrected chi connectivity index (χ3v) is 5.72. The van der Waals surface area contributed by atoms with E-state index in [4.69, 9.17) is 43.1 Å². The first-order valence-electron chi connectivity index (χ1n) is 26.2. The maximum atomic E-state index is 14.9. The molecule has 0 radical (unpaired) electrons. The van der Waals surface area contributed by atoms with E-state index in [1.807, 2.05) is 0 Å². The van der Waals surface area contributed by atoms with E-state index in [0.29, 0.717) is 0 Å². The summed E-state index contributed by atoms with van der Waals surface area (Å²) >= 11 is -0.613. The maximum absolute atomic E-state index is 14.9. The Bertz CT molecular complexity index is 2570. The average Bonchev–Trinajstić information content (AvgIpc) is 3.70. The van der Waals surface area contributed by atoms with Crippen molar-refractivity contribution in [1.82, 2.24) is 19.7 Å². The van der Waals surface area contributed by atoms with Crippen molar-refractivity contribution >= 4 is 33.9 Å². The number of benzene rings is 1. The molecule has 0 N–H and O–H groups in total. The van der Waals surface area contributed by atoms with Gasteiger partial charge in [-0.1, -0.05) is 20.6 Å². The zero-order valence-electron chi connectivity index (χ0n) is 50.9. The molecule has 186 valence electrons. The maximum Gasteiger partial charge on any atom is 0.254 e. The number of rotatable bonds is 3. The van der Waals surface area contributed by atoms with Crippen molar-refractivity contribution < 1.29 is 60.9 Å². The van der Waals surface area contributed by atoms with Gasteiger partial charge in [0.25, 0.3) is 5.91 Å². The van der Waals surface area contributed by atoms with Crippen LogP contribution in [-0.4, -0.2) is 50.9 Å². The topological polar surface area (TPSA) is 77.3 Å². The molecule has 0 atom stereocenters. The Hall–Kier alpha value is -2.74. The minimum atomic E-state index is -4.97. The molecule has 0 bridgehead atoms. The van der Waals surface area contributed by atoms with Gasteiger partial charge >= 0.3 is 0 Å². The number of carbonyl (C=O) groups is 2. The first-order chi connectivity index (χ1) is 30.0. The van der Waals surface area contributed by atoms with Gasteiger partial charge < -0.3 is 9.64 Å². The number of piperidine rings is 1. The lowest BCUT2D eigenvalue weighted by Gasteiger charge is -2.43. The summed E-state index contributed by atoms with van der Waals surface area (Å²) in [5, 5.41) is 0.346. The first-order valence-corrected chi connectivity index (χ1v) is 10.0. The minimum Gasteiger partial charge on any atom is -0.492 e. The smallest absolute Gasteiger partial charge is 0.254 e. The third kappa shape index (κ3) is 4.15. The van der Waals surface area contributed by atoms with Crippen LogP contribution in [0.5, 0.6) is 5.75 Å². The summed E-state index contributed by atoms with van der Waals surface area (Å²) in [5.41, 5.74) is -15.5. The second-order valence-corrected chi connectivity index (χ2v) is 8.03. The molecule has 0 saturated carbocycles. The third-order valence-electron chi connectivity index (χ3n) is 4.63. The summed E-state index contributed by atoms with van der Waals surface area (Å²) < 4.78 is 291. The number of ketones is 1. The quantitative estimate of drug-likeness (QED) is 0.473. The fourth-order valence-corrected chi connectivity index (χ4v) is 4.06. The highest BCUT2D eigenvalue weighted by Gasteiger charge is 2.44. The minimum absolute atomic E-state index is 0.249. The number of hydrogen-bond donors (Lipinski definition) is 0. The van der Waals surface area contributed by atoms with E-state index in [2.05, 4.69) is 10.1 Å². The molecular weight excluding hydrogens is 460 g/mol. The van der Waals surface area contributed by atoms with Gasteiger partial charge in [-0.15, -0.1) is 11.3 Å². The van der Waals surface area contributed by atoms with Crippen molar-refractivity contribution in [3.05, 3.63) is 38.9 Å². The van der Waals surface area contributed by atoms with E-state index < -0.39 is 181 Å². The van der Waals surface area contributed by atoms with Crippen molar-refractivity contribution in [2.24, 2.45) is 12.4 Å². The molecule has 8 heteroatoms. The highest BCUT2D eigenvalue weighted by molar-refractivity contribution is 7.12. The summed E-state index contributed by atoms with van der Waals surface area (Å²) in [7, 11) is 0. The van der Waals surface area contributed by atoms with Gasteiger partial charge in [-0.2, -0.15) is 5.10 Å². The van der Waals surface area contributed by atoms with Crippen molar-refractivity contribution in [2.75, 3.05) is 19.6 Å². The lowest BCUT2D eigenvalue weighted by Crippen LogP contribution is -2.46. The summed E-state index contributed by atoms with van der Waals surface area (Å²) in [5.74, 6) is -6.82. The van der Waals surface area contributed by atoms with Crippen LogP contribution in [0.3, 0.4) is 0 Å². The molecule has 1 amide bonds. The van der Waals surface area contributed by atoms with Gasteiger partial charge in [0.05, 0.1) is 22.7 Å². The Morgan fingerprint density at radius 2 is 2.17 bits per heavy atom. The average molecular weight is 529 g/mol. The summed E-state index contributed by atoms with van der Waals surface area (Å²) in [4.78, 5) is 30.0. The van der Waals surface area contributed by atoms with Gasteiger partial charge in [0.15, 0.2) is 5.78 Å². The molecule has 1 saturated heterocycles. The number of aryl methyl sites for hydroxylation is 2. The van der Waals surface area contributed by atoms with Gasteiger partial charge in [-0.3, -0.25) is 14.3 Å². The van der Waals surface area contributed by atoms with Crippen molar-refractivity contribution in [3.63, 3.8) is 0 Å². The number of aromatic nitrogens is 3. The SMILES string of the molecule is [2H]c1c(C(=O)N2C([2H])([2H])C([2H])([2H])C3(C([2H])([2H])C(=O)c4nc(C(C([2H])([2H])[2H])(C([2H])([2H])[2H])C([2H])([2H])[2H])sc4C3([2H])[2H])C([2H])([2H])C2([2H])[2H])c([2H])c2c(C([2H])([2H])[2H])nn(C([2H])([2H])[2H])c2c1OC([2H])([2H])C([2H])([2H])[2H]. The van der Waals surface area contributed by atoms with Crippen molar-refractivity contribution in [3.8, 4) is 5.75 Å². The van der Waals surface area contributed by atoms with E-state index in [9.17, 15) is 17.8 Å². The second-order valence-electron chi connectivity index (χ2n) is 7.03. The molecule has 1 aromatic carbocycles. The standard InChI is InChI=1S/C27H34N4O3S/c1-7-34-20-13-17(12-18-16(2)29-30(6)23(18)20)24(33)31-10-8-27(9-11-31)14-19(32)22-21(15-27)35-25(28-22)26(3,4)5/h12-13H,7-11,14-15H2,1-6H3/i1D3,2D3,3D3,4D3,5D3,6D3,7D2,8D2,9D2,10D2,11D2,12D,13D,14D2,15D2. The van der Waals surface area contributed by atoms with Gasteiger partial charge in [-0.25, -0.2) is 4.98 Å². The molecule has 1 fully saturated rings. The normalized spacial score (nSPS) is 43.3. The molecule has 0 unspecified atom stereocenters. The van der Waals surface area contributed by atoms with E-state index in [1.54, 1.807) is 0 Å². The van der Waals surface area contributed by atoms with E-state index in [0.717, 1.165) is 0 Å². The van der Waals surface area contributed by atoms with Crippen LogP contribution in [0, 0.1) is 12.3 Å². The van der Waals surface area contributed by atoms with Crippen LogP contribution < -0.4 is 4.74 Å². The van der Waals surface area contributed by atoms with Crippen molar-refractivity contribution in [2.45, 2.75) is 65.2 Å². The number of nitrogens with zero attached hydrogens (tertiary/aromatic N) is 4. The highest BCUT2D eigenvalue weighted by atomic mass is 32.1. The predicted molar refractivity (Wildman–Crippen MR) is 138 cm³/mol. The monoisotopic (exact) mass is 528 g/mol.